The smallest absolute Gasteiger partial charge is 0.191 e. The van der Waals surface area contributed by atoms with Crippen molar-refractivity contribution in [1.29, 1.82) is 0 Å². The Morgan fingerprint density at radius 1 is 0.968 bits per heavy atom. The first kappa shape index (κ1) is 21.6. The predicted molar refractivity (Wildman–Crippen MR) is 125 cm³/mol. The highest BCUT2D eigenvalue weighted by molar-refractivity contribution is 7.98. The molecule has 0 unspecified atom stereocenters. The van der Waals surface area contributed by atoms with Crippen LogP contribution in [0.3, 0.4) is 0 Å². The van der Waals surface area contributed by atoms with Gasteiger partial charge in [0.05, 0.1) is 20.8 Å². The monoisotopic (exact) mass is 438 g/mol. The third-order valence-electron chi connectivity index (χ3n) is 5.72. The summed E-state index contributed by atoms with van der Waals surface area (Å²) in [6.07, 6.45) is 6.26. The minimum atomic E-state index is 0.476. The molecule has 0 radical (unpaired) electrons. The maximum atomic E-state index is 5.33. The summed E-state index contributed by atoms with van der Waals surface area (Å²) in [7, 11) is 3.38. The Morgan fingerprint density at radius 3 is 2.48 bits per heavy atom. The van der Waals surface area contributed by atoms with E-state index in [1.807, 2.05) is 36.4 Å². The van der Waals surface area contributed by atoms with Crippen LogP contribution >= 0.6 is 11.8 Å². The number of rotatable bonds is 9. The van der Waals surface area contributed by atoms with Crippen molar-refractivity contribution in [2.75, 3.05) is 19.5 Å². The molecule has 0 amide bonds. The van der Waals surface area contributed by atoms with E-state index in [2.05, 4.69) is 32.2 Å². The first-order valence-electron chi connectivity index (χ1n) is 10.8. The fourth-order valence-corrected chi connectivity index (χ4v) is 5.00. The number of hydrogen-bond donors (Lipinski definition) is 1. The van der Waals surface area contributed by atoms with Gasteiger partial charge in [-0.1, -0.05) is 49.2 Å². The van der Waals surface area contributed by atoms with Gasteiger partial charge in [-0.2, -0.15) is 0 Å². The van der Waals surface area contributed by atoms with E-state index in [1.54, 1.807) is 26.0 Å². The van der Waals surface area contributed by atoms with E-state index in [4.69, 9.17) is 9.47 Å². The normalized spacial score (nSPS) is 14.4. The second-order valence-electron chi connectivity index (χ2n) is 7.78. The van der Waals surface area contributed by atoms with Gasteiger partial charge in [-0.25, -0.2) is 0 Å². The van der Waals surface area contributed by atoms with Crippen molar-refractivity contribution in [1.82, 2.24) is 14.8 Å². The van der Waals surface area contributed by atoms with Crippen LogP contribution < -0.4 is 14.8 Å². The average Bonchev–Trinajstić information content (AvgIpc) is 3.25. The Hall–Kier alpha value is -2.67. The molecule has 2 aromatic carbocycles. The fraction of sp³-hybridized carbons (Fsp3) is 0.417. The number of nitrogens with zero attached hydrogens (tertiary/aromatic N) is 3. The van der Waals surface area contributed by atoms with E-state index in [0.29, 0.717) is 12.6 Å². The molecule has 1 aliphatic carbocycles. The summed E-state index contributed by atoms with van der Waals surface area (Å²) < 4.78 is 13.0. The van der Waals surface area contributed by atoms with E-state index in [9.17, 15) is 0 Å². The molecule has 0 bridgehead atoms. The molecule has 1 heterocycles. The molecule has 3 aromatic rings. The molecule has 0 spiro atoms. The van der Waals surface area contributed by atoms with E-state index in [1.165, 1.54) is 37.7 Å². The molecular formula is C24H30N4O2S. The molecule has 1 saturated carbocycles. The van der Waals surface area contributed by atoms with Gasteiger partial charge in [-0.15, -0.1) is 10.2 Å². The summed E-state index contributed by atoms with van der Waals surface area (Å²) in [5.41, 5.74) is 2.27. The molecule has 1 aliphatic rings. The molecule has 1 aromatic heterocycles. The minimum Gasteiger partial charge on any atom is -0.497 e. The number of anilines is 1. The third kappa shape index (κ3) is 5.53. The largest absolute Gasteiger partial charge is 0.497 e. The fourth-order valence-electron chi connectivity index (χ4n) is 4.02. The van der Waals surface area contributed by atoms with Crippen molar-refractivity contribution in [3.05, 3.63) is 59.9 Å². The molecule has 7 heteroatoms. The molecule has 0 atom stereocenters. The summed E-state index contributed by atoms with van der Waals surface area (Å²) in [6.45, 7) is 0.639. The van der Waals surface area contributed by atoms with Crippen molar-refractivity contribution in [2.24, 2.45) is 0 Å². The first-order chi connectivity index (χ1) is 15.3. The van der Waals surface area contributed by atoms with Crippen molar-refractivity contribution < 1.29 is 9.47 Å². The average molecular weight is 439 g/mol. The number of aromatic nitrogens is 3. The molecular weight excluding hydrogens is 408 g/mol. The van der Waals surface area contributed by atoms with Crippen LogP contribution in [0.4, 0.5) is 5.69 Å². The van der Waals surface area contributed by atoms with Gasteiger partial charge in [0.2, 0.25) is 0 Å². The SMILES string of the molecule is COc1ccc(CSc2nnc(CNc3cccc(OC)c3)n2C2CCCCC2)cc1. The van der Waals surface area contributed by atoms with Gasteiger partial charge in [0, 0.05) is 23.5 Å². The zero-order valence-corrected chi connectivity index (χ0v) is 19.0. The Labute approximate surface area is 188 Å². The van der Waals surface area contributed by atoms with Gasteiger partial charge < -0.3 is 19.4 Å². The number of ether oxygens (including phenoxy) is 2. The Bertz CT molecular complexity index is 968. The number of hydrogen-bond acceptors (Lipinski definition) is 6. The van der Waals surface area contributed by atoms with Crippen LogP contribution in [0.25, 0.3) is 0 Å². The van der Waals surface area contributed by atoms with E-state index >= 15 is 0 Å². The summed E-state index contributed by atoms with van der Waals surface area (Å²) in [4.78, 5) is 0. The zero-order chi connectivity index (χ0) is 21.5. The lowest BCUT2D eigenvalue weighted by molar-refractivity contribution is 0.330. The lowest BCUT2D eigenvalue weighted by Gasteiger charge is -2.25. The Kier molecular flexibility index (Phi) is 7.35. The second-order valence-corrected chi connectivity index (χ2v) is 8.73. The molecule has 0 saturated heterocycles. The van der Waals surface area contributed by atoms with Gasteiger partial charge in [-0.05, 0) is 42.7 Å². The summed E-state index contributed by atoms with van der Waals surface area (Å²) in [5, 5.41) is 13.6. The van der Waals surface area contributed by atoms with Crippen LogP contribution in [0, 0.1) is 0 Å². The van der Waals surface area contributed by atoms with Gasteiger partial charge in [0.25, 0.3) is 0 Å². The highest BCUT2D eigenvalue weighted by atomic mass is 32.2. The maximum absolute atomic E-state index is 5.33. The van der Waals surface area contributed by atoms with E-state index < -0.39 is 0 Å². The van der Waals surface area contributed by atoms with Crippen LogP contribution in [0.2, 0.25) is 0 Å². The predicted octanol–water partition coefficient (Wildman–Crippen LogP) is 5.70. The third-order valence-corrected chi connectivity index (χ3v) is 6.74. The number of thioether (sulfide) groups is 1. The quantitative estimate of drug-likeness (QED) is 0.432. The van der Waals surface area contributed by atoms with Gasteiger partial charge in [-0.3, -0.25) is 0 Å². The summed E-state index contributed by atoms with van der Waals surface area (Å²) in [6, 6.07) is 16.7. The van der Waals surface area contributed by atoms with Crippen molar-refractivity contribution >= 4 is 17.4 Å². The highest BCUT2D eigenvalue weighted by Gasteiger charge is 2.23. The minimum absolute atomic E-state index is 0.476. The molecule has 1 N–H and O–H groups in total. The van der Waals surface area contributed by atoms with Crippen molar-refractivity contribution in [3.8, 4) is 11.5 Å². The van der Waals surface area contributed by atoms with Crippen LogP contribution in [-0.2, 0) is 12.3 Å². The number of benzene rings is 2. The van der Waals surface area contributed by atoms with E-state index in [-0.39, 0.29) is 0 Å². The topological polar surface area (TPSA) is 61.2 Å². The molecule has 6 nitrogen and oxygen atoms in total. The van der Waals surface area contributed by atoms with Crippen LogP contribution in [0.15, 0.2) is 53.7 Å². The van der Waals surface area contributed by atoms with Crippen molar-refractivity contribution in [2.45, 2.75) is 55.6 Å². The second kappa shape index (κ2) is 10.6. The Morgan fingerprint density at radius 2 is 1.74 bits per heavy atom. The molecule has 4 rings (SSSR count). The summed E-state index contributed by atoms with van der Waals surface area (Å²) in [5.74, 6) is 3.57. The lowest BCUT2D eigenvalue weighted by Crippen LogP contribution is -2.18. The Balaban J connectivity index is 1.49. The van der Waals surface area contributed by atoms with E-state index in [0.717, 1.165) is 33.9 Å². The van der Waals surface area contributed by atoms with Crippen LogP contribution in [0.1, 0.15) is 49.5 Å². The van der Waals surface area contributed by atoms with Gasteiger partial charge >= 0.3 is 0 Å². The van der Waals surface area contributed by atoms with Crippen molar-refractivity contribution in [3.63, 3.8) is 0 Å². The van der Waals surface area contributed by atoms with Crippen LogP contribution in [-0.4, -0.2) is 29.0 Å². The molecule has 31 heavy (non-hydrogen) atoms. The zero-order valence-electron chi connectivity index (χ0n) is 18.2. The highest BCUT2D eigenvalue weighted by Crippen LogP contribution is 2.34. The standard InChI is InChI=1S/C24H30N4O2S/c1-29-21-13-11-18(12-14-21)17-31-24-27-26-23(28(24)20-8-4-3-5-9-20)16-25-19-7-6-10-22(15-19)30-2/h6-7,10-15,20,25H,3-5,8-9,16-17H2,1-2H3. The maximum Gasteiger partial charge on any atom is 0.191 e. The number of nitrogens with one attached hydrogen (secondary N) is 1. The molecule has 0 aliphatic heterocycles. The van der Waals surface area contributed by atoms with Crippen LogP contribution in [0.5, 0.6) is 11.5 Å². The molecule has 164 valence electrons. The number of methoxy groups -OCH3 is 2. The first-order valence-corrected chi connectivity index (χ1v) is 11.8. The lowest BCUT2D eigenvalue weighted by atomic mass is 9.95. The van der Waals surface area contributed by atoms with Gasteiger partial charge in [0.15, 0.2) is 11.0 Å². The van der Waals surface area contributed by atoms with Gasteiger partial charge in [0.1, 0.15) is 11.5 Å². The summed E-state index contributed by atoms with van der Waals surface area (Å²) >= 11 is 1.76. The molecule has 1 fully saturated rings.